The Hall–Kier alpha value is -2.24. The van der Waals surface area contributed by atoms with Gasteiger partial charge in [-0.15, -0.1) is 0 Å². The molecule has 7 heteroatoms. The number of benzene rings is 2. The van der Waals surface area contributed by atoms with Crippen molar-refractivity contribution < 1.29 is 14.7 Å². The third-order valence-corrected chi connectivity index (χ3v) is 4.84. The molecule has 0 fully saturated rings. The summed E-state index contributed by atoms with van der Waals surface area (Å²) in [5.41, 5.74) is 1.36. The van der Waals surface area contributed by atoms with E-state index >= 15 is 0 Å². The quantitative estimate of drug-likeness (QED) is 0.557. The summed E-state index contributed by atoms with van der Waals surface area (Å²) in [6.45, 7) is 4.22. The maximum atomic E-state index is 12.5. The molecular formula is C21H24Cl2N2O3. The molecule has 28 heavy (non-hydrogen) atoms. The van der Waals surface area contributed by atoms with E-state index in [1.165, 1.54) is 12.1 Å². The van der Waals surface area contributed by atoms with E-state index in [9.17, 15) is 14.7 Å². The van der Waals surface area contributed by atoms with Gasteiger partial charge in [-0.25, -0.2) is 0 Å². The third-order valence-electron chi connectivity index (χ3n) is 4.29. The van der Waals surface area contributed by atoms with E-state index < -0.39 is 11.9 Å². The molecule has 2 aromatic carbocycles. The highest BCUT2D eigenvalue weighted by molar-refractivity contribution is 6.36. The van der Waals surface area contributed by atoms with E-state index in [1.807, 2.05) is 26.0 Å². The molecule has 3 N–H and O–H groups in total. The largest absolute Gasteiger partial charge is 0.508 e. The monoisotopic (exact) mass is 422 g/mol. The maximum absolute atomic E-state index is 12.5. The minimum absolute atomic E-state index is 0.0906. The molecule has 1 unspecified atom stereocenters. The molecule has 2 aromatic rings. The van der Waals surface area contributed by atoms with E-state index in [0.717, 1.165) is 18.4 Å². The van der Waals surface area contributed by atoms with Crippen molar-refractivity contribution in [2.45, 2.75) is 32.7 Å². The van der Waals surface area contributed by atoms with E-state index in [1.54, 1.807) is 18.2 Å². The van der Waals surface area contributed by atoms with Crippen LogP contribution in [0.4, 0.5) is 0 Å². The summed E-state index contributed by atoms with van der Waals surface area (Å²) >= 11 is 11.9. The van der Waals surface area contributed by atoms with Crippen LogP contribution >= 0.6 is 23.2 Å². The number of rotatable bonds is 8. The highest BCUT2D eigenvalue weighted by Gasteiger charge is 2.25. The molecule has 0 saturated heterocycles. The Labute approximate surface area is 175 Å². The lowest BCUT2D eigenvalue weighted by atomic mass is 10.0. The average molecular weight is 423 g/mol. The van der Waals surface area contributed by atoms with Gasteiger partial charge >= 0.3 is 0 Å². The smallest absolute Gasteiger partial charge is 0.253 e. The Bertz CT molecular complexity index is 823. The molecular weight excluding hydrogens is 399 g/mol. The SMILES string of the molecule is CC(C)C(NC(=O)c1ccc(Cl)cc1Cl)C(=O)NCCCc1ccc(O)cc1. The zero-order valence-electron chi connectivity index (χ0n) is 15.8. The van der Waals surface area contributed by atoms with Gasteiger partial charge in [0.05, 0.1) is 10.6 Å². The fourth-order valence-corrected chi connectivity index (χ4v) is 3.20. The molecule has 2 amide bonds. The van der Waals surface area contributed by atoms with Crippen LogP contribution in [0, 0.1) is 5.92 Å². The van der Waals surface area contributed by atoms with Gasteiger partial charge in [-0.05, 0) is 54.7 Å². The van der Waals surface area contributed by atoms with Crippen molar-refractivity contribution in [2.24, 2.45) is 5.92 Å². The zero-order valence-corrected chi connectivity index (χ0v) is 17.3. The van der Waals surface area contributed by atoms with E-state index in [-0.39, 0.29) is 28.2 Å². The summed E-state index contributed by atoms with van der Waals surface area (Å²) in [7, 11) is 0. The Morgan fingerprint density at radius 2 is 1.75 bits per heavy atom. The molecule has 150 valence electrons. The number of hydrogen-bond acceptors (Lipinski definition) is 3. The van der Waals surface area contributed by atoms with E-state index in [0.29, 0.717) is 11.6 Å². The van der Waals surface area contributed by atoms with Crippen LogP contribution in [-0.4, -0.2) is 29.5 Å². The fraction of sp³-hybridized carbons (Fsp3) is 0.333. The van der Waals surface area contributed by atoms with Gasteiger partial charge in [0.15, 0.2) is 0 Å². The van der Waals surface area contributed by atoms with Crippen LogP contribution in [0.3, 0.4) is 0 Å². The highest BCUT2D eigenvalue weighted by Crippen LogP contribution is 2.21. The van der Waals surface area contributed by atoms with Gasteiger partial charge in [-0.1, -0.05) is 49.2 Å². The Morgan fingerprint density at radius 3 is 2.36 bits per heavy atom. The molecule has 0 saturated carbocycles. The summed E-state index contributed by atoms with van der Waals surface area (Å²) < 4.78 is 0. The molecule has 0 bridgehead atoms. The van der Waals surface area contributed by atoms with Crippen molar-refractivity contribution in [1.82, 2.24) is 10.6 Å². The number of phenols is 1. The van der Waals surface area contributed by atoms with Gasteiger partial charge in [0.25, 0.3) is 5.91 Å². The van der Waals surface area contributed by atoms with Crippen LogP contribution in [0.2, 0.25) is 10.0 Å². The molecule has 0 aliphatic carbocycles. The Morgan fingerprint density at radius 1 is 1.07 bits per heavy atom. The summed E-state index contributed by atoms with van der Waals surface area (Å²) in [6.07, 6.45) is 1.53. The Kier molecular flexibility index (Phi) is 8.15. The second-order valence-corrected chi connectivity index (χ2v) is 7.72. The van der Waals surface area contributed by atoms with Gasteiger partial charge in [0.2, 0.25) is 5.91 Å². The Balaban J connectivity index is 1.88. The number of hydrogen-bond donors (Lipinski definition) is 3. The summed E-state index contributed by atoms with van der Waals surface area (Å²) in [6, 6.07) is 10.9. The number of aryl methyl sites for hydroxylation is 1. The number of amides is 2. The van der Waals surface area contributed by atoms with Crippen LogP contribution in [0.1, 0.15) is 36.2 Å². The van der Waals surface area contributed by atoms with Crippen LogP contribution < -0.4 is 10.6 Å². The van der Waals surface area contributed by atoms with Crippen molar-refractivity contribution in [2.75, 3.05) is 6.54 Å². The average Bonchev–Trinajstić information content (AvgIpc) is 2.64. The molecule has 0 radical (unpaired) electrons. The summed E-state index contributed by atoms with van der Waals surface area (Å²) in [4.78, 5) is 25.0. The molecule has 0 spiro atoms. The minimum Gasteiger partial charge on any atom is -0.508 e. The molecule has 0 aliphatic rings. The predicted octanol–water partition coefficient (Wildman–Crippen LogP) is 4.20. The number of carbonyl (C=O) groups excluding carboxylic acids is 2. The molecule has 5 nitrogen and oxygen atoms in total. The summed E-state index contributed by atoms with van der Waals surface area (Å²) in [5.74, 6) is -0.515. The number of phenolic OH excluding ortho intramolecular Hbond substituents is 1. The highest BCUT2D eigenvalue weighted by atomic mass is 35.5. The lowest BCUT2D eigenvalue weighted by Gasteiger charge is -2.22. The second-order valence-electron chi connectivity index (χ2n) is 6.88. The van der Waals surface area contributed by atoms with Crippen LogP contribution in [0.15, 0.2) is 42.5 Å². The van der Waals surface area contributed by atoms with Crippen LogP contribution in [0.25, 0.3) is 0 Å². The topological polar surface area (TPSA) is 78.4 Å². The molecule has 0 aliphatic heterocycles. The predicted molar refractivity (Wildman–Crippen MR) is 112 cm³/mol. The number of halogens is 2. The fourth-order valence-electron chi connectivity index (χ4n) is 2.70. The van der Waals surface area contributed by atoms with Crippen molar-refractivity contribution in [3.8, 4) is 5.75 Å². The van der Waals surface area contributed by atoms with Gasteiger partial charge in [0.1, 0.15) is 11.8 Å². The number of carbonyl (C=O) groups is 2. The standard InChI is InChI=1S/C21H24Cl2N2O3/c1-13(2)19(25-20(27)17-10-7-15(22)12-18(17)23)21(28)24-11-3-4-14-5-8-16(26)9-6-14/h5-10,12-13,19,26H,3-4,11H2,1-2H3,(H,24,28)(H,25,27). The van der Waals surface area contributed by atoms with Crippen molar-refractivity contribution in [1.29, 1.82) is 0 Å². The van der Waals surface area contributed by atoms with Crippen molar-refractivity contribution in [3.05, 3.63) is 63.6 Å². The molecule has 0 heterocycles. The lowest BCUT2D eigenvalue weighted by molar-refractivity contribution is -0.123. The number of aromatic hydroxyl groups is 1. The van der Waals surface area contributed by atoms with E-state index in [2.05, 4.69) is 10.6 Å². The van der Waals surface area contributed by atoms with Gasteiger partial charge < -0.3 is 15.7 Å². The van der Waals surface area contributed by atoms with Crippen LogP contribution in [0.5, 0.6) is 5.75 Å². The molecule has 0 aromatic heterocycles. The number of nitrogens with one attached hydrogen (secondary N) is 2. The lowest BCUT2D eigenvalue weighted by Crippen LogP contribution is -2.50. The third kappa shape index (κ3) is 6.43. The van der Waals surface area contributed by atoms with Gasteiger partial charge in [-0.3, -0.25) is 9.59 Å². The first-order chi connectivity index (χ1) is 13.3. The molecule has 2 rings (SSSR count). The van der Waals surface area contributed by atoms with Crippen molar-refractivity contribution >= 4 is 35.0 Å². The van der Waals surface area contributed by atoms with E-state index in [4.69, 9.17) is 23.2 Å². The normalized spacial score (nSPS) is 11.9. The zero-order chi connectivity index (χ0) is 20.7. The van der Waals surface area contributed by atoms with Crippen LogP contribution in [-0.2, 0) is 11.2 Å². The van der Waals surface area contributed by atoms with Gasteiger partial charge in [0, 0.05) is 11.6 Å². The van der Waals surface area contributed by atoms with Crippen molar-refractivity contribution in [3.63, 3.8) is 0 Å². The first-order valence-electron chi connectivity index (χ1n) is 9.09. The minimum atomic E-state index is -0.673. The summed E-state index contributed by atoms with van der Waals surface area (Å²) in [5, 5.41) is 15.6. The first kappa shape index (κ1) is 22.1. The first-order valence-corrected chi connectivity index (χ1v) is 9.85. The molecule has 1 atom stereocenters. The second kappa shape index (κ2) is 10.3. The maximum Gasteiger partial charge on any atom is 0.253 e. The van der Waals surface area contributed by atoms with Gasteiger partial charge in [-0.2, -0.15) is 0 Å².